The van der Waals surface area contributed by atoms with Crippen molar-refractivity contribution in [2.24, 2.45) is 0 Å². The molecule has 0 aliphatic carbocycles. The van der Waals surface area contributed by atoms with Gasteiger partial charge in [0.2, 0.25) is 0 Å². The standard InChI is InChI=1S/C16H23BrN2O3S/c1-3-19(4-2)7-8-22-14-6-5-11(9-12(14)17)15-18-13(10-23-15)16(20)21/h5-6,9,13,15,18H,3-4,7-8,10H2,1-2H3,(H,20,21). The van der Waals surface area contributed by atoms with Gasteiger partial charge in [0.15, 0.2) is 0 Å². The van der Waals surface area contributed by atoms with Gasteiger partial charge in [-0.2, -0.15) is 0 Å². The summed E-state index contributed by atoms with van der Waals surface area (Å²) in [5.74, 6) is 0.605. The maximum absolute atomic E-state index is 11.0. The largest absolute Gasteiger partial charge is 0.491 e. The molecule has 0 aromatic heterocycles. The number of thioether (sulfide) groups is 1. The highest BCUT2D eigenvalue weighted by atomic mass is 79.9. The van der Waals surface area contributed by atoms with E-state index in [1.54, 1.807) is 11.8 Å². The average molecular weight is 403 g/mol. The number of halogens is 1. The Bertz CT molecular complexity index is 540. The van der Waals surface area contributed by atoms with E-state index in [9.17, 15) is 4.79 Å². The van der Waals surface area contributed by atoms with Crippen molar-refractivity contribution in [3.63, 3.8) is 0 Å². The number of carbonyl (C=O) groups is 1. The van der Waals surface area contributed by atoms with Crippen LogP contribution in [0.3, 0.4) is 0 Å². The van der Waals surface area contributed by atoms with E-state index in [2.05, 4.69) is 40.0 Å². The lowest BCUT2D eigenvalue weighted by Gasteiger charge is -2.19. The highest BCUT2D eigenvalue weighted by Gasteiger charge is 2.30. The zero-order valence-electron chi connectivity index (χ0n) is 13.4. The quantitative estimate of drug-likeness (QED) is 0.696. The molecule has 128 valence electrons. The molecule has 0 spiro atoms. The Labute approximate surface area is 149 Å². The average Bonchev–Trinajstić information content (AvgIpc) is 3.03. The Morgan fingerprint density at radius 3 is 2.78 bits per heavy atom. The Morgan fingerprint density at radius 1 is 1.48 bits per heavy atom. The van der Waals surface area contributed by atoms with E-state index in [-0.39, 0.29) is 5.37 Å². The maximum atomic E-state index is 11.0. The number of nitrogens with one attached hydrogen (secondary N) is 1. The lowest BCUT2D eigenvalue weighted by Crippen LogP contribution is -2.33. The van der Waals surface area contributed by atoms with Crippen molar-refractivity contribution < 1.29 is 14.6 Å². The van der Waals surface area contributed by atoms with Gasteiger partial charge in [-0.15, -0.1) is 11.8 Å². The molecule has 7 heteroatoms. The molecule has 1 aliphatic rings. The van der Waals surface area contributed by atoms with Crippen LogP contribution in [-0.2, 0) is 4.79 Å². The first-order chi connectivity index (χ1) is 11.0. The van der Waals surface area contributed by atoms with Gasteiger partial charge in [0.05, 0.1) is 9.85 Å². The number of carboxylic acid groups (broad SMARTS) is 1. The fourth-order valence-corrected chi connectivity index (χ4v) is 4.16. The van der Waals surface area contributed by atoms with E-state index >= 15 is 0 Å². The van der Waals surface area contributed by atoms with Gasteiger partial charge in [-0.1, -0.05) is 19.9 Å². The number of hydrogen-bond donors (Lipinski definition) is 2. The van der Waals surface area contributed by atoms with Crippen LogP contribution in [0.15, 0.2) is 22.7 Å². The summed E-state index contributed by atoms with van der Waals surface area (Å²) in [6.45, 7) is 7.89. The molecule has 2 atom stereocenters. The van der Waals surface area contributed by atoms with Crippen LogP contribution in [0.4, 0.5) is 0 Å². The van der Waals surface area contributed by atoms with Crippen molar-refractivity contribution >= 4 is 33.7 Å². The van der Waals surface area contributed by atoms with Crippen molar-refractivity contribution in [2.75, 3.05) is 32.0 Å². The van der Waals surface area contributed by atoms with Crippen LogP contribution in [0.25, 0.3) is 0 Å². The first-order valence-electron chi connectivity index (χ1n) is 7.80. The predicted molar refractivity (Wildman–Crippen MR) is 97.2 cm³/mol. The molecular formula is C16H23BrN2O3S. The van der Waals surface area contributed by atoms with Crippen molar-refractivity contribution in [1.82, 2.24) is 10.2 Å². The SMILES string of the molecule is CCN(CC)CCOc1ccc(C2NC(C(=O)O)CS2)cc1Br. The zero-order chi connectivity index (χ0) is 16.8. The van der Waals surface area contributed by atoms with Crippen LogP contribution >= 0.6 is 27.7 Å². The third-order valence-corrected chi connectivity index (χ3v) is 5.79. The molecule has 2 unspecified atom stereocenters. The third-order valence-electron chi connectivity index (χ3n) is 3.90. The van der Waals surface area contributed by atoms with E-state index in [0.717, 1.165) is 35.4 Å². The minimum Gasteiger partial charge on any atom is -0.491 e. The molecule has 0 bridgehead atoms. The third kappa shape index (κ3) is 5.11. The number of likely N-dealkylation sites (N-methyl/N-ethyl adjacent to an activating group) is 1. The highest BCUT2D eigenvalue weighted by molar-refractivity contribution is 9.10. The number of ether oxygens (including phenoxy) is 1. The molecule has 1 aromatic rings. The summed E-state index contributed by atoms with van der Waals surface area (Å²) >= 11 is 5.16. The smallest absolute Gasteiger partial charge is 0.321 e. The second-order valence-electron chi connectivity index (χ2n) is 5.34. The summed E-state index contributed by atoms with van der Waals surface area (Å²) in [7, 11) is 0. The number of benzene rings is 1. The molecule has 2 N–H and O–H groups in total. The summed E-state index contributed by atoms with van der Waals surface area (Å²) in [6, 6.07) is 5.46. The van der Waals surface area contributed by atoms with E-state index in [4.69, 9.17) is 9.84 Å². The van der Waals surface area contributed by atoms with Crippen LogP contribution in [-0.4, -0.2) is 54.0 Å². The monoisotopic (exact) mass is 402 g/mol. The minimum atomic E-state index is -0.796. The number of nitrogens with zero attached hydrogens (tertiary/aromatic N) is 1. The molecule has 23 heavy (non-hydrogen) atoms. The van der Waals surface area contributed by atoms with Crippen LogP contribution in [0.2, 0.25) is 0 Å². The van der Waals surface area contributed by atoms with Crippen molar-refractivity contribution in [1.29, 1.82) is 0 Å². The molecule has 1 fully saturated rings. The summed E-state index contributed by atoms with van der Waals surface area (Å²) < 4.78 is 6.74. The lowest BCUT2D eigenvalue weighted by molar-refractivity contribution is -0.138. The second-order valence-corrected chi connectivity index (χ2v) is 7.33. The van der Waals surface area contributed by atoms with Crippen LogP contribution in [0.1, 0.15) is 24.8 Å². The molecule has 1 saturated heterocycles. The predicted octanol–water partition coefficient (Wildman–Crippen LogP) is 2.96. The Morgan fingerprint density at radius 2 is 2.22 bits per heavy atom. The van der Waals surface area contributed by atoms with Gasteiger partial charge in [-0.25, -0.2) is 0 Å². The molecular weight excluding hydrogens is 380 g/mol. The van der Waals surface area contributed by atoms with Crippen molar-refractivity contribution in [2.45, 2.75) is 25.3 Å². The number of aliphatic carboxylic acids is 1. The second kappa shape index (κ2) is 8.92. The number of hydrogen-bond acceptors (Lipinski definition) is 5. The molecule has 5 nitrogen and oxygen atoms in total. The molecule has 1 heterocycles. The Balaban J connectivity index is 1.92. The minimum absolute atomic E-state index is 0.0112. The summed E-state index contributed by atoms with van der Waals surface area (Å²) in [6.07, 6.45) is 0. The van der Waals surface area contributed by atoms with Gasteiger partial charge < -0.3 is 14.7 Å². The van der Waals surface area contributed by atoms with Crippen LogP contribution in [0.5, 0.6) is 5.75 Å². The van der Waals surface area contributed by atoms with Crippen molar-refractivity contribution in [3.8, 4) is 5.75 Å². The van der Waals surface area contributed by atoms with Gasteiger partial charge in [-0.3, -0.25) is 10.1 Å². The molecule has 0 saturated carbocycles. The van der Waals surface area contributed by atoms with Gasteiger partial charge >= 0.3 is 5.97 Å². The van der Waals surface area contributed by atoms with E-state index < -0.39 is 12.0 Å². The van der Waals surface area contributed by atoms with Gasteiger partial charge in [0.1, 0.15) is 18.4 Å². The summed E-state index contributed by atoms with van der Waals surface area (Å²) in [5, 5.41) is 12.2. The maximum Gasteiger partial charge on any atom is 0.321 e. The van der Waals surface area contributed by atoms with Gasteiger partial charge in [0.25, 0.3) is 0 Å². The zero-order valence-corrected chi connectivity index (χ0v) is 15.8. The van der Waals surface area contributed by atoms with E-state index in [0.29, 0.717) is 12.4 Å². The topological polar surface area (TPSA) is 61.8 Å². The van der Waals surface area contributed by atoms with Gasteiger partial charge in [-0.05, 0) is 46.7 Å². The van der Waals surface area contributed by atoms with E-state index in [1.165, 1.54) is 0 Å². The number of rotatable bonds is 8. The fraction of sp³-hybridized carbons (Fsp3) is 0.562. The van der Waals surface area contributed by atoms with Gasteiger partial charge in [0, 0.05) is 12.3 Å². The summed E-state index contributed by atoms with van der Waals surface area (Å²) in [4.78, 5) is 13.3. The molecule has 1 aliphatic heterocycles. The highest BCUT2D eigenvalue weighted by Crippen LogP contribution is 2.36. The molecule has 0 amide bonds. The lowest BCUT2D eigenvalue weighted by atomic mass is 10.2. The van der Waals surface area contributed by atoms with E-state index in [1.807, 2.05) is 18.2 Å². The van der Waals surface area contributed by atoms with Crippen LogP contribution < -0.4 is 10.1 Å². The Hall–Kier alpha value is -0.760. The Kier molecular flexibility index (Phi) is 7.20. The molecule has 2 rings (SSSR count). The molecule has 1 aromatic carbocycles. The first kappa shape index (κ1) is 18.6. The molecule has 0 radical (unpaired) electrons. The van der Waals surface area contributed by atoms with Crippen LogP contribution in [0, 0.1) is 0 Å². The number of carboxylic acids is 1. The van der Waals surface area contributed by atoms with Crippen molar-refractivity contribution in [3.05, 3.63) is 28.2 Å². The first-order valence-corrected chi connectivity index (χ1v) is 9.64. The fourth-order valence-electron chi connectivity index (χ4n) is 2.43. The normalized spacial score (nSPS) is 20.9. The summed E-state index contributed by atoms with van der Waals surface area (Å²) in [5.41, 5.74) is 1.06.